The summed E-state index contributed by atoms with van der Waals surface area (Å²) in [6, 6.07) is 22.8. The first kappa shape index (κ1) is 22.5. The van der Waals surface area contributed by atoms with E-state index in [0.29, 0.717) is 0 Å². The molecule has 0 aliphatic heterocycles. The highest BCUT2D eigenvalue weighted by Crippen LogP contribution is 2.56. The van der Waals surface area contributed by atoms with Gasteiger partial charge in [0.1, 0.15) is 0 Å². The van der Waals surface area contributed by atoms with Crippen LogP contribution in [0.5, 0.6) is 0 Å². The van der Waals surface area contributed by atoms with Gasteiger partial charge in [-0.1, -0.05) is 64.1 Å². The van der Waals surface area contributed by atoms with Crippen molar-refractivity contribution in [1.29, 1.82) is 0 Å². The van der Waals surface area contributed by atoms with Crippen LogP contribution in [0.3, 0.4) is 0 Å². The molecule has 5 rings (SSSR count). The largest absolute Gasteiger partial charge is 0.264 e. The maximum absolute atomic E-state index is 4.38. The van der Waals surface area contributed by atoms with Gasteiger partial charge in [-0.2, -0.15) is 0 Å². The molecule has 4 aromatic rings. The van der Waals surface area contributed by atoms with Crippen LogP contribution in [-0.4, -0.2) is 9.97 Å². The highest BCUT2D eigenvalue weighted by molar-refractivity contribution is 5.72. The Balaban J connectivity index is 1.81. The van der Waals surface area contributed by atoms with E-state index in [4.69, 9.17) is 0 Å². The molecule has 1 aliphatic carbocycles. The zero-order chi connectivity index (χ0) is 23.8. The van der Waals surface area contributed by atoms with Gasteiger partial charge in [0.25, 0.3) is 0 Å². The molecule has 0 radical (unpaired) electrons. The Bertz CT molecular complexity index is 1180. The number of hydrogen-bond acceptors (Lipinski definition) is 2. The fourth-order valence-corrected chi connectivity index (χ4v) is 6.45. The predicted molar refractivity (Wildman–Crippen MR) is 142 cm³/mol. The molecule has 2 heterocycles. The molecule has 0 saturated carbocycles. The monoisotopic (exact) mass is 446 g/mol. The van der Waals surface area contributed by atoms with E-state index in [1.807, 2.05) is 36.9 Å². The van der Waals surface area contributed by atoms with Crippen LogP contribution in [0, 0.1) is 0 Å². The van der Waals surface area contributed by atoms with Crippen LogP contribution in [0.25, 0.3) is 22.3 Å². The Kier molecular flexibility index (Phi) is 5.85. The minimum Gasteiger partial charge on any atom is -0.264 e. The van der Waals surface area contributed by atoms with E-state index in [-0.39, 0.29) is 10.8 Å². The van der Waals surface area contributed by atoms with Gasteiger partial charge in [0.15, 0.2) is 0 Å². The van der Waals surface area contributed by atoms with Crippen molar-refractivity contribution in [2.75, 3.05) is 0 Å². The minimum absolute atomic E-state index is 0.00416. The smallest absolute Gasteiger partial charge is 0.0346 e. The Hall–Kier alpha value is -3.26. The summed E-state index contributed by atoms with van der Waals surface area (Å²) in [5.74, 6) is 0. The molecule has 0 spiro atoms. The van der Waals surface area contributed by atoms with Crippen molar-refractivity contribution in [1.82, 2.24) is 9.97 Å². The SMILES string of the molecule is CCC1(CC)c2ccc(-c3cccnc3)cc2C(CC)(CC)c2ccc(-c3cccnc3)cc21. The number of benzene rings is 2. The number of aromatic nitrogens is 2. The van der Waals surface area contributed by atoms with E-state index < -0.39 is 0 Å². The second-order valence-corrected chi connectivity index (χ2v) is 9.58. The van der Waals surface area contributed by atoms with Gasteiger partial charge < -0.3 is 0 Å². The summed E-state index contributed by atoms with van der Waals surface area (Å²) in [6.45, 7) is 9.42. The van der Waals surface area contributed by atoms with Crippen LogP contribution in [0.15, 0.2) is 85.5 Å². The minimum atomic E-state index is 0.00416. The average molecular weight is 447 g/mol. The number of fused-ring (bicyclic) bond motifs is 2. The number of nitrogens with zero attached hydrogens (tertiary/aromatic N) is 2. The number of pyridine rings is 2. The average Bonchev–Trinajstić information content (AvgIpc) is 2.92. The summed E-state index contributed by atoms with van der Waals surface area (Å²) < 4.78 is 0. The third-order valence-corrected chi connectivity index (χ3v) is 8.51. The molecule has 0 bridgehead atoms. The first-order valence-electron chi connectivity index (χ1n) is 12.7. The van der Waals surface area contributed by atoms with Crippen molar-refractivity contribution in [2.45, 2.75) is 64.2 Å². The molecule has 0 amide bonds. The van der Waals surface area contributed by atoms with Gasteiger partial charge in [0.2, 0.25) is 0 Å². The van der Waals surface area contributed by atoms with E-state index in [2.05, 4.69) is 86.2 Å². The van der Waals surface area contributed by atoms with Gasteiger partial charge in [0, 0.05) is 35.6 Å². The molecular formula is C32H34N2. The molecule has 172 valence electrons. The normalized spacial score (nSPS) is 15.4. The lowest BCUT2D eigenvalue weighted by molar-refractivity contribution is 0.388. The summed E-state index contributed by atoms with van der Waals surface area (Å²) in [5.41, 5.74) is 10.9. The van der Waals surface area contributed by atoms with Gasteiger partial charge in [-0.15, -0.1) is 0 Å². The van der Waals surface area contributed by atoms with Crippen LogP contribution in [-0.2, 0) is 10.8 Å². The van der Waals surface area contributed by atoms with Crippen LogP contribution in [0.2, 0.25) is 0 Å². The molecule has 0 fully saturated rings. The topological polar surface area (TPSA) is 25.8 Å². The van der Waals surface area contributed by atoms with Gasteiger partial charge in [0.05, 0.1) is 0 Å². The highest BCUT2D eigenvalue weighted by Gasteiger charge is 2.47. The second kappa shape index (κ2) is 8.83. The quantitative estimate of drug-likeness (QED) is 0.297. The van der Waals surface area contributed by atoms with Crippen molar-refractivity contribution in [3.63, 3.8) is 0 Å². The molecule has 0 unspecified atom stereocenters. The van der Waals surface area contributed by atoms with E-state index >= 15 is 0 Å². The summed E-state index contributed by atoms with van der Waals surface area (Å²) in [5, 5.41) is 0. The highest BCUT2D eigenvalue weighted by atomic mass is 14.6. The van der Waals surface area contributed by atoms with Gasteiger partial charge in [-0.3, -0.25) is 9.97 Å². The molecule has 1 aliphatic rings. The van der Waals surface area contributed by atoms with E-state index in [1.54, 1.807) is 0 Å². The van der Waals surface area contributed by atoms with E-state index in [1.165, 1.54) is 44.5 Å². The lowest BCUT2D eigenvalue weighted by Crippen LogP contribution is -2.42. The molecule has 34 heavy (non-hydrogen) atoms. The summed E-state index contributed by atoms with van der Waals surface area (Å²) in [4.78, 5) is 8.76. The molecule has 0 atom stereocenters. The maximum Gasteiger partial charge on any atom is 0.0346 e. The molecular weight excluding hydrogens is 412 g/mol. The lowest BCUT2D eigenvalue weighted by Gasteiger charge is -2.49. The van der Waals surface area contributed by atoms with Gasteiger partial charge >= 0.3 is 0 Å². The number of hydrogen-bond donors (Lipinski definition) is 0. The van der Waals surface area contributed by atoms with E-state index in [9.17, 15) is 0 Å². The van der Waals surface area contributed by atoms with E-state index in [0.717, 1.165) is 25.7 Å². The second-order valence-electron chi connectivity index (χ2n) is 9.58. The summed E-state index contributed by atoms with van der Waals surface area (Å²) in [7, 11) is 0. The fraction of sp³-hybridized carbons (Fsp3) is 0.312. The first-order valence-corrected chi connectivity index (χ1v) is 12.7. The maximum atomic E-state index is 4.38. The summed E-state index contributed by atoms with van der Waals surface area (Å²) >= 11 is 0. The standard InChI is InChI=1S/C32H34N2/c1-5-31(6-2)27-15-13-24(26-12-10-18-34-22-26)20-30(27)32(7-3,8-4)28-16-14-23(19-29(28)31)25-11-9-17-33-21-25/h9-22H,5-8H2,1-4H3. The van der Waals surface area contributed by atoms with Gasteiger partial charge in [-0.05, 0) is 94.5 Å². The van der Waals surface area contributed by atoms with Crippen LogP contribution in [0.4, 0.5) is 0 Å². The van der Waals surface area contributed by atoms with Crippen LogP contribution < -0.4 is 0 Å². The van der Waals surface area contributed by atoms with Gasteiger partial charge in [-0.25, -0.2) is 0 Å². The first-order chi connectivity index (χ1) is 16.6. The Morgan fingerprint density at radius 1 is 0.500 bits per heavy atom. The molecule has 2 nitrogen and oxygen atoms in total. The molecule has 2 heteroatoms. The zero-order valence-electron chi connectivity index (χ0n) is 20.8. The van der Waals surface area contributed by atoms with Crippen molar-refractivity contribution in [2.24, 2.45) is 0 Å². The Morgan fingerprint density at radius 3 is 1.24 bits per heavy atom. The third kappa shape index (κ3) is 3.23. The lowest BCUT2D eigenvalue weighted by atomic mass is 9.54. The summed E-state index contributed by atoms with van der Waals surface area (Å²) in [6.07, 6.45) is 12.0. The Morgan fingerprint density at radius 2 is 0.912 bits per heavy atom. The van der Waals surface area contributed by atoms with Crippen molar-refractivity contribution in [3.8, 4) is 22.3 Å². The third-order valence-electron chi connectivity index (χ3n) is 8.51. The fourth-order valence-electron chi connectivity index (χ4n) is 6.45. The van der Waals surface area contributed by atoms with Crippen molar-refractivity contribution < 1.29 is 0 Å². The van der Waals surface area contributed by atoms with Crippen LogP contribution in [0.1, 0.15) is 75.6 Å². The van der Waals surface area contributed by atoms with Crippen molar-refractivity contribution >= 4 is 0 Å². The van der Waals surface area contributed by atoms with Crippen molar-refractivity contribution in [3.05, 3.63) is 108 Å². The Labute approximate surface area is 204 Å². The molecule has 0 saturated heterocycles. The molecule has 2 aromatic heterocycles. The predicted octanol–water partition coefficient (Wildman–Crippen LogP) is 8.34. The zero-order valence-corrected chi connectivity index (χ0v) is 20.8. The number of rotatable bonds is 6. The molecule has 2 aromatic carbocycles. The van der Waals surface area contributed by atoms with Crippen LogP contribution >= 0.6 is 0 Å². The molecule has 0 N–H and O–H groups in total.